The second-order valence-electron chi connectivity index (χ2n) is 7.10. The number of nitrogens with zero attached hydrogens (tertiary/aromatic N) is 5. The summed E-state index contributed by atoms with van der Waals surface area (Å²) in [4.78, 5) is 34.2. The summed E-state index contributed by atoms with van der Waals surface area (Å²) in [7, 11) is 0. The van der Waals surface area contributed by atoms with Crippen LogP contribution < -0.4 is 5.69 Å². The van der Waals surface area contributed by atoms with Crippen LogP contribution in [0.2, 0.25) is 0 Å². The number of fused-ring (bicyclic) bond motifs is 2. The number of aromatic amines is 1. The number of hydrogen-bond donors (Lipinski definition) is 1. The van der Waals surface area contributed by atoms with E-state index in [2.05, 4.69) is 15.1 Å². The summed E-state index contributed by atoms with van der Waals surface area (Å²) in [5.41, 5.74) is 2.12. The molecule has 1 N–H and O–H groups in total. The number of benzene rings is 1. The lowest BCUT2D eigenvalue weighted by molar-refractivity contribution is 0.0702. The summed E-state index contributed by atoms with van der Waals surface area (Å²) in [6.07, 6.45) is 5.94. The molecule has 8 nitrogen and oxygen atoms in total. The molecule has 134 valence electrons. The van der Waals surface area contributed by atoms with Gasteiger partial charge in [-0.15, -0.1) is 0 Å². The van der Waals surface area contributed by atoms with Gasteiger partial charge in [0, 0.05) is 18.2 Å². The third-order valence-electron chi connectivity index (χ3n) is 5.55. The molecular weight excluding hydrogens is 332 g/mol. The highest BCUT2D eigenvalue weighted by molar-refractivity contribution is 5.97. The van der Waals surface area contributed by atoms with Gasteiger partial charge in [0.2, 0.25) is 0 Å². The van der Waals surface area contributed by atoms with E-state index < -0.39 is 0 Å². The Morgan fingerprint density at radius 3 is 2.88 bits per heavy atom. The highest BCUT2D eigenvalue weighted by atomic mass is 16.2. The van der Waals surface area contributed by atoms with E-state index in [1.165, 1.54) is 19.2 Å². The van der Waals surface area contributed by atoms with Crippen molar-refractivity contribution < 1.29 is 4.79 Å². The summed E-state index contributed by atoms with van der Waals surface area (Å²) in [5, 5.41) is 4.14. The maximum atomic E-state index is 12.9. The number of aromatic nitrogens is 5. The molecule has 0 radical (unpaired) electrons. The van der Waals surface area contributed by atoms with Gasteiger partial charge in [-0.1, -0.05) is 12.8 Å². The predicted molar refractivity (Wildman–Crippen MR) is 94.8 cm³/mol. The molecule has 3 heterocycles. The Bertz CT molecular complexity index is 1040. The van der Waals surface area contributed by atoms with E-state index in [0.29, 0.717) is 25.2 Å². The van der Waals surface area contributed by atoms with Crippen LogP contribution >= 0.6 is 0 Å². The van der Waals surface area contributed by atoms with Crippen LogP contribution in [-0.2, 0) is 13.1 Å². The van der Waals surface area contributed by atoms with Crippen LogP contribution in [0, 0.1) is 0 Å². The molecule has 0 spiro atoms. The number of carbonyl (C=O) groups is 1. The second-order valence-corrected chi connectivity index (χ2v) is 7.10. The minimum atomic E-state index is -0.0810. The number of rotatable bonds is 2. The number of hydrogen-bond acceptors (Lipinski definition) is 4. The van der Waals surface area contributed by atoms with Gasteiger partial charge in [0.05, 0.1) is 24.1 Å². The molecule has 1 aliphatic carbocycles. The Hall–Kier alpha value is -2.90. The van der Waals surface area contributed by atoms with Gasteiger partial charge in [0.15, 0.2) is 0 Å². The Morgan fingerprint density at radius 1 is 1.19 bits per heavy atom. The normalized spacial score (nSPS) is 17.8. The third-order valence-corrected chi connectivity index (χ3v) is 5.55. The van der Waals surface area contributed by atoms with Gasteiger partial charge in [-0.05, 0) is 31.0 Å². The van der Waals surface area contributed by atoms with Gasteiger partial charge in [-0.2, -0.15) is 5.10 Å². The van der Waals surface area contributed by atoms with Crippen molar-refractivity contribution in [3.05, 3.63) is 46.4 Å². The highest BCUT2D eigenvalue weighted by Crippen LogP contribution is 2.30. The molecule has 5 rings (SSSR count). The largest absolute Gasteiger partial charge is 0.329 e. The Balaban J connectivity index is 1.46. The number of carbonyl (C=O) groups excluding carboxylic acids is 1. The van der Waals surface area contributed by atoms with Gasteiger partial charge in [0.1, 0.15) is 12.2 Å². The van der Waals surface area contributed by atoms with E-state index in [1.807, 2.05) is 21.4 Å². The average molecular weight is 352 g/mol. The minimum Gasteiger partial charge on any atom is -0.329 e. The van der Waals surface area contributed by atoms with Crippen molar-refractivity contribution in [1.29, 1.82) is 0 Å². The molecule has 0 unspecified atom stereocenters. The molecule has 26 heavy (non-hydrogen) atoms. The van der Waals surface area contributed by atoms with Crippen LogP contribution in [0.1, 0.15) is 47.9 Å². The van der Waals surface area contributed by atoms with E-state index in [4.69, 9.17) is 0 Å². The fraction of sp³-hybridized carbons (Fsp3) is 0.444. The zero-order chi connectivity index (χ0) is 17.7. The molecule has 1 aromatic carbocycles. The topological polar surface area (TPSA) is 88.8 Å². The smallest absolute Gasteiger partial charge is 0.326 e. The molecule has 1 amide bonds. The lowest BCUT2D eigenvalue weighted by atomic mass is 10.1. The van der Waals surface area contributed by atoms with Crippen LogP contribution in [0.25, 0.3) is 11.0 Å². The predicted octanol–water partition coefficient (Wildman–Crippen LogP) is 1.69. The summed E-state index contributed by atoms with van der Waals surface area (Å²) in [6, 6.07) is 5.78. The zero-order valence-electron chi connectivity index (χ0n) is 14.4. The summed E-state index contributed by atoms with van der Waals surface area (Å²) in [5.74, 6) is 0.752. The Labute approximate surface area is 149 Å². The van der Waals surface area contributed by atoms with Crippen molar-refractivity contribution >= 4 is 16.9 Å². The fourth-order valence-electron chi connectivity index (χ4n) is 4.21. The quantitative estimate of drug-likeness (QED) is 0.760. The van der Waals surface area contributed by atoms with Gasteiger partial charge < -0.3 is 9.88 Å². The number of H-pyrrole nitrogens is 1. The lowest BCUT2D eigenvalue weighted by Crippen LogP contribution is -2.38. The summed E-state index contributed by atoms with van der Waals surface area (Å²) >= 11 is 0. The first kappa shape index (κ1) is 15.4. The van der Waals surface area contributed by atoms with Gasteiger partial charge in [0.25, 0.3) is 5.91 Å². The molecule has 2 aromatic heterocycles. The van der Waals surface area contributed by atoms with E-state index in [0.717, 1.165) is 29.7 Å². The first-order valence-electron chi connectivity index (χ1n) is 9.11. The van der Waals surface area contributed by atoms with Crippen LogP contribution in [0.15, 0.2) is 29.3 Å². The van der Waals surface area contributed by atoms with E-state index >= 15 is 0 Å². The maximum Gasteiger partial charge on any atom is 0.326 e. The van der Waals surface area contributed by atoms with E-state index in [9.17, 15) is 9.59 Å². The monoisotopic (exact) mass is 352 g/mol. The molecule has 3 aromatic rings. The van der Waals surface area contributed by atoms with Crippen LogP contribution in [-0.4, -0.2) is 41.7 Å². The summed E-state index contributed by atoms with van der Waals surface area (Å²) in [6.45, 7) is 1.71. The Kier molecular flexibility index (Phi) is 3.44. The number of imidazole rings is 1. The molecule has 1 aliphatic heterocycles. The molecule has 1 saturated carbocycles. The maximum absolute atomic E-state index is 12.9. The van der Waals surface area contributed by atoms with Crippen LogP contribution in [0.4, 0.5) is 0 Å². The van der Waals surface area contributed by atoms with E-state index in [-0.39, 0.29) is 17.6 Å². The average Bonchev–Trinajstić information content (AvgIpc) is 3.38. The lowest BCUT2D eigenvalue weighted by Gasteiger charge is -2.26. The zero-order valence-corrected chi connectivity index (χ0v) is 14.4. The molecule has 2 aliphatic rings. The van der Waals surface area contributed by atoms with Crippen LogP contribution in [0.3, 0.4) is 0 Å². The van der Waals surface area contributed by atoms with Crippen molar-refractivity contribution in [2.45, 2.75) is 44.8 Å². The van der Waals surface area contributed by atoms with Crippen molar-refractivity contribution in [3.8, 4) is 0 Å². The molecule has 8 heteroatoms. The first-order valence-corrected chi connectivity index (χ1v) is 9.11. The fourth-order valence-corrected chi connectivity index (χ4v) is 4.21. The SMILES string of the molecule is O=C(c1ccc2c(c1)[nH]c(=O)n2C1CCCC1)N1CCn2ncnc2C1. The molecule has 0 saturated heterocycles. The molecule has 0 atom stereocenters. The minimum absolute atomic E-state index is 0.0457. The van der Waals surface area contributed by atoms with Crippen molar-refractivity contribution in [1.82, 2.24) is 29.2 Å². The summed E-state index contributed by atoms with van der Waals surface area (Å²) < 4.78 is 3.69. The molecule has 1 fully saturated rings. The standard InChI is InChI=1S/C18H20N6O2/c25-17(22-7-8-23-16(10-22)19-11-20-23)12-5-6-15-14(9-12)21-18(26)24(15)13-3-1-2-4-13/h5-6,9,11,13H,1-4,7-8,10H2,(H,21,26). The molecule has 0 bridgehead atoms. The van der Waals surface area contributed by atoms with Gasteiger partial charge in [-0.3, -0.25) is 9.36 Å². The van der Waals surface area contributed by atoms with Gasteiger partial charge >= 0.3 is 5.69 Å². The van der Waals surface area contributed by atoms with E-state index in [1.54, 1.807) is 11.0 Å². The molecular formula is C18H20N6O2. The number of nitrogens with one attached hydrogen (secondary N) is 1. The van der Waals surface area contributed by atoms with Crippen LogP contribution in [0.5, 0.6) is 0 Å². The van der Waals surface area contributed by atoms with Crippen molar-refractivity contribution in [2.24, 2.45) is 0 Å². The van der Waals surface area contributed by atoms with Gasteiger partial charge in [-0.25, -0.2) is 14.5 Å². The van der Waals surface area contributed by atoms with Crippen molar-refractivity contribution in [3.63, 3.8) is 0 Å². The Morgan fingerprint density at radius 2 is 2.04 bits per heavy atom. The van der Waals surface area contributed by atoms with Crippen molar-refractivity contribution in [2.75, 3.05) is 6.54 Å². The number of amides is 1. The first-order chi connectivity index (χ1) is 12.7. The second kappa shape index (κ2) is 5.82. The highest BCUT2D eigenvalue weighted by Gasteiger charge is 2.25. The third kappa shape index (κ3) is 2.36.